The van der Waals surface area contributed by atoms with Crippen molar-refractivity contribution < 1.29 is 18.7 Å². The summed E-state index contributed by atoms with van der Waals surface area (Å²) in [6.45, 7) is 0. The van der Waals surface area contributed by atoms with Crippen LogP contribution >= 0.6 is 24.6 Å². The van der Waals surface area contributed by atoms with E-state index in [1.54, 1.807) is 0 Å². The van der Waals surface area contributed by atoms with Crippen LogP contribution in [0.4, 0.5) is 0 Å². The summed E-state index contributed by atoms with van der Waals surface area (Å²) in [5.74, 6) is 0. The molecule has 0 aliphatic carbocycles. The molecule has 1 atom stereocenters. The first-order valence-electron chi connectivity index (χ1n) is 1.20. The summed E-state index contributed by atoms with van der Waals surface area (Å²) >= 11 is 11.1. The minimum Gasteiger partial charge on any atom is -0.134 e. The highest BCUT2D eigenvalue weighted by atomic mass is 33.3. The second kappa shape index (κ2) is 6.23. The first-order chi connectivity index (χ1) is 3.77. The summed E-state index contributed by atoms with van der Waals surface area (Å²) in [5, 5.41) is 7.46. The summed E-state index contributed by atoms with van der Waals surface area (Å²) in [6.07, 6.45) is 0. The molecule has 0 aromatic heterocycles. The third-order valence-electron chi connectivity index (χ3n) is 0.144. The molecule has 8 heteroatoms. The van der Waals surface area contributed by atoms with Gasteiger partial charge in [-0.3, -0.25) is 0 Å². The fraction of sp³-hybridized carbons (Fsp3) is 0. The zero-order valence-electron chi connectivity index (χ0n) is 3.34. The molecule has 0 aliphatic heterocycles. The minimum atomic E-state index is -1.00. The van der Waals surface area contributed by atoms with Crippen molar-refractivity contribution in [2.45, 2.75) is 0 Å². The second-order valence-electron chi connectivity index (χ2n) is 0.496. The predicted octanol–water partition coefficient (Wildman–Crippen LogP) is 0.483. The molecular formula is H2O4S4. The van der Waals surface area contributed by atoms with E-state index in [4.69, 9.17) is 0 Å². The van der Waals surface area contributed by atoms with Gasteiger partial charge < -0.3 is 0 Å². The Labute approximate surface area is 63.4 Å². The van der Waals surface area contributed by atoms with Crippen LogP contribution in [-0.4, -0.2) is 0 Å². The molecule has 0 aromatic carbocycles. The second-order valence-corrected chi connectivity index (χ2v) is 3.86. The molecule has 0 saturated heterocycles. The van der Waals surface area contributed by atoms with Crippen molar-refractivity contribution in [3.05, 3.63) is 0 Å². The van der Waals surface area contributed by atoms with Gasteiger partial charge in [0.15, 0.2) is 0 Å². The van der Waals surface area contributed by atoms with Crippen LogP contribution in [0.25, 0.3) is 0 Å². The molecule has 0 radical (unpaired) electrons. The molecule has 0 N–H and O–H groups in total. The van der Waals surface area contributed by atoms with E-state index in [-0.39, 0.29) is 0 Å². The molecule has 0 bridgehead atoms. The van der Waals surface area contributed by atoms with E-state index in [1.165, 1.54) is 0 Å². The normalized spacial score (nSPS) is 13.8. The van der Waals surface area contributed by atoms with Gasteiger partial charge in [-0.2, -0.15) is 0 Å². The first kappa shape index (κ1) is 9.11. The van der Waals surface area contributed by atoms with Gasteiger partial charge in [-0.25, -0.2) is 0 Å². The van der Waals surface area contributed by atoms with Gasteiger partial charge in [0, 0.05) is 12.9 Å². The van der Waals surface area contributed by atoms with E-state index in [2.05, 4.69) is 54.5 Å². The zero-order valence-corrected chi connectivity index (χ0v) is 6.77. The molecule has 0 fully saturated rings. The van der Waals surface area contributed by atoms with Crippen LogP contribution in [0.2, 0.25) is 0 Å². The van der Waals surface area contributed by atoms with Crippen molar-refractivity contribution in [1.29, 1.82) is 0 Å². The zero-order chi connectivity index (χ0) is 6.41. The van der Waals surface area contributed by atoms with Gasteiger partial charge in [0.1, 0.15) is 8.77 Å². The van der Waals surface area contributed by atoms with Gasteiger partial charge in [0.05, 0.1) is 0 Å². The third kappa shape index (κ3) is 7.11. The Kier molecular flexibility index (Phi) is 7.10. The van der Waals surface area contributed by atoms with E-state index in [0.29, 0.717) is 0 Å². The standard InChI is InChI=1S/H2O4S4/c5-3-1-2-4-8(6)7/h5H,(H,6,7). The lowest BCUT2D eigenvalue weighted by Crippen LogP contribution is -1.90. The quantitative estimate of drug-likeness (QED) is 0.170. The van der Waals surface area contributed by atoms with Gasteiger partial charge in [-0.1, -0.05) is 11.7 Å². The van der Waals surface area contributed by atoms with Crippen molar-refractivity contribution in [3.63, 3.8) is 0 Å². The van der Waals surface area contributed by atoms with Crippen molar-refractivity contribution in [2.75, 3.05) is 0 Å². The average molecular weight is 194 g/mol. The fourth-order valence-corrected chi connectivity index (χ4v) is 0.285. The Morgan fingerprint density at radius 1 is 1.38 bits per heavy atom. The molecule has 0 aliphatic rings. The molecule has 8 heavy (non-hydrogen) atoms. The van der Waals surface area contributed by atoms with Gasteiger partial charge in [-0.05, 0) is 21.3 Å². The van der Waals surface area contributed by atoms with E-state index < -0.39 is 8.77 Å². The molecule has 0 amide bonds. The molecular weight excluding hydrogens is 192 g/mol. The maximum absolute atomic E-state index is 4.38. The summed E-state index contributed by atoms with van der Waals surface area (Å²) in [5.41, 5.74) is 0. The van der Waals surface area contributed by atoms with Crippen molar-refractivity contribution in [3.8, 4) is 0 Å². The minimum absolute atomic E-state index is 1.00. The molecule has 1 unspecified atom stereocenters. The highest BCUT2D eigenvalue weighted by molar-refractivity contribution is 8.74. The first-order valence-corrected chi connectivity index (χ1v) is 4.69. The number of hydrogen-bond acceptors (Lipinski definition) is 6. The predicted molar refractivity (Wildman–Crippen MR) is 37.0 cm³/mol. The topological polar surface area (TPSA) is 36.9 Å². The van der Waals surface area contributed by atoms with Crippen molar-refractivity contribution in [2.24, 2.45) is 0 Å². The van der Waals surface area contributed by atoms with E-state index in [1.807, 2.05) is 0 Å². The van der Waals surface area contributed by atoms with Crippen LogP contribution in [0.15, 0.2) is 0 Å². The van der Waals surface area contributed by atoms with Crippen LogP contribution in [0.1, 0.15) is 0 Å². The van der Waals surface area contributed by atoms with Gasteiger partial charge in [-0.15, -0.1) is 8.67 Å². The molecule has 0 saturated carbocycles. The maximum atomic E-state index is 4.38. The van der Waals surface area contributed by atoms with Crippen molar-refractivity contribution >= 4 is 44.5 Å². The van der Waals surface area contributed by atoms with Crippen LogP contribution in [0.3, 0.4) is 0 Å². The summed E-state index contributed by atoms with van der Waals surface area (Å²) in [7, 11) is -1.00. The Morgan fingerprint density at radius 3 is 2.38 bits per heavy atom. The summed E-state index contributed by atoms with van der Waals surface area (Å²) in [6, 6.07) is 0. The van der Waals surface area contributed by atoms with Crippen LogP contribution in [0.5, 0.6) is 0 Å². The summed E-state index contributed by atoms with van der Waals surface area (Å²) < 4.78 is 7.76. The lowest BCUT2D eigenvalue weighted by atomic mass is 14.4. The fourth-order valence-electron chi connectivity index (χ4n) is 0.0475. The number of thiol groups is 2. The molecule has 4 nitrogen and oxygen atoms in total. The van der Waals surface area contributed by atoms with Crippen LogP contribution < -0.4 is 0 Å². The largest absolute Gasteiger partial charge is 0.134 e. The molecule has 50 valence electrons. The molecule has 0 heterocycles. The Morgan fingerprint density at radius 2 is 2.00 bits per heavy atom. The van der Waals surface area contributed by atoms with E-state index >= 15 is 0 Å². The van der Waals surface area contributed by atoms with Gasteiger partial charge >= 0.3 is 0 Å². The number of rotatable bonds is 4. The third-order valence-corrected chi connectivity index (χ3v) is 0.726. The average Bonchev–Trinajstić information content (AvgIpc) is 1.66. The molecule has 0 rings (SSSR count). The highest BCUT2D eigenvalue weighted by Gasteiger charge is 1.87. The van der Waals surface area contributed by atoms with Gasteiger partial charge in [0.2, 0.25) is 0 Å². The lowest BCUT2D eigenvalue weighted by Gasteiger charge is -1.92. The van der Waals surface area contributed by atoms with E-state index in [9.17, 15) is 0 Å². The van der Waals surface area contributed by atoms with Crippen LogP contribution in [0, 0.1) is 0 Å². The smallest absolute Gasteiger partial charge is 0.105 e. The lowest BCUT2D eigenvalue weighted by molar-refractivity contribution is -0.569. The van der Waals surface area contributed by atoms with E-state index in [0.717, 1.165) is 0 Å². The monoisotopic (exact) mass is 194 g/mol. The Bertz CT molecular complexity index is 70.4. The van der Waals surface area contributed by atoms with Crippen molar-refractivity contribution in [1.82, 2.24) is 0 Å². The Hall–Kier alpha value is 1.11. The molecule has 0 aromatic rings. The van der Waals surface area contributed by atoms with Gasteiger partial charge in [0.25, 0.3) is 0 Å². The number of hydrogen-bond donors (Lipinski definition) is 2. The van der Waals surface area contributed by atoms with Crippen LogP contribution in [-0.2, 0) is 38.7 Å². The SMILES string of the molecule is S=S(S)OOOOS. The highest BCUT2D eigenvalue weighted by Crippen LogP contribution is 1.93. The summed E-state index contributed by atoms with van der Waals surface area (Å²) in [4.78, 5) is 0. The maximum Gasteiger partial charge on any atom is 0.105 e. The molecule has 0 spiro atoms. The Balaban J connectivity index is 2.82.